The summed E-state index contributed by atoms with van der Waals surface area (Å²) in [5.74, 6) is 0.699. The summed E-state index contributed by atoms with van der Waals surface area (Å²) < 4.78 is 1.84. The average molecular weight is 442 g/mol. The molecule has 168 valence electrons. The number of rotatable bonds is 4. The number of aliphatic hydroxyl groups is 1. The van der Waals surface area contributed by atoms with Crippen molar-refractivity contribution in [3.05, 3.63) is 89.5 Å². The molecule has 2 N–H and O–H groups in total. The minimum Gasteiger partial charge on any atom is -0.511 e. The van der Waals surface area contributed by atoms with Gasteiger partial charge in [0.2, 0.25) is 5.95 Å². The number of nitrogens with zero attached hydrogens (tertiary/aromatic N) is 4. The van der Waals surface area contributed by atoms with Gasteiger partial charge in [0.15, 0.2) is 5.78 Å². The molecule has 2 aliphatic rings. The van der Waals surface area contributed by atoms with Crippen LogP contribution in [0.4, 0.5) is 5.95 Å². The van der Waals surface area contributed by atoms with Gasteiger partial charge < -0.3 is 10.4 Å². The van der Waals surface area contributed by atoms with E-state index in [1.54, 1.807) is 6.21 Å². The molecule has 2 heterocycles. The first kappa shape index (κ1) is 21.1. The Morgan fingerprint density at radius 1 is 1.06 bits per heavy atom. The lowest BCUT2D eigenvalue weighted by Gasteiger charge is -2.37. The Morgan fingerprint density at radius 2 is 1.73 bits per heavy atom. The molecule has 1 aromatic heterocycles. The molecular weight excluding hydrogens is 414 g/mol. The number of benzene rings is 2. The van der Waals surface area contributed by atoms with Crippen LogP contribution in [-0.2, 0) is 4.79 Å². The van der Waals surface area contributed by atoms with Crippen molar-refractivity contribution in [2.75, 3.05) is 5.32 Å². The van der Waals surface area contributed by atoms with Crippen molar-refractivity contribution in [1.29, 1.82) is 0 Å². The molecule has 7 nitrogen and oxygen atoms in total. The highest BCUT2D eigenvalue weighted by atomic mass is 16.3. The molecule has 1 aliphatic carbocycles. The van der Waals surface area contributed by atoms with E-state index >= 15 is 0 Å². The van der Waals surface area contributed by atoms with Crippen LogP contribution in [0.5, 0.6) is 0 Å². The summed E-state index contributed by atoms with van der Waals surface area (Å²) in [6.45, 7) is 3.98. The number of aliphatic hydroxyl groups excluding tert-OH is 1. The van der Waals surface area contributed by atoms with E-state index in [-0.39, 0.29) is 35.1 Å². The number of ketones is 1. The van der Waals surface area contributed by atoms with Gasteiger partial charge in [-0.3, -0.25) is 9.79 Å². The van der Waals surface area contributed by atoms with E-state index in [0.29, 0.717) is 24.4 Å². The maximum absolute atomic E-state index is 12.8. The molecule has 0 saturated carbocycles. The Morgan fingerprint density at radius 3 is 2.39 bits per heavy atom. The Bertz CT molecular complexity index is 1210. The van der Waals surface area contributed by atoms with Crippen LogP contribution in [0.15, 0.2) is 83.3 Å². The van der Waals surface area contributed by atoms with Gasteiger partial charge in [0.05, 0.1) is 11.6 Å². The number of hydrogen-bond acceptors (Lipinski definition) is 6. The molecule has 0 unspecified atom stereocenters. The lowest BCUT2D eigenvalue weighted by atomic mass is 9.77. The zero-order chi connectivity index (χ0) is 23.0. The van der Waals surface area contributed by atoms with Gasteiger partial charge in [0.1, 0.15) is 24.2 Å². The van der Waals surface area contributed by atoms with Crippen molar-refractivity contribution in [1.82, 2.24) is 14.8 Å². The number of anilines is 1. The summed E-state index contributed by atoms with van der Waals surface area (Å²) in [6.07, 6.45) is 3.94. The standard InChI is InChI=1S/C26H27N5O2/c1-26(2)13-20(32)19(21(33)14-26)15-27-23-22(17-9-5-3-6-10-17)30-25-28-16-29-31(25)24(23)18-11-7-4-8-12-18/h3-12,15-16,22-24,32H,13-14H2,1-2H3,(H,28,29,30)/t22-,23+,24+/m0/s1. The van der Waals surface area contributed by atoms with E-state index in [1.807, 2.05) is 54.9 Å². The van der Waals surface area contributed by atoms with Gasteiger partial charge in [0, 0.05) is 19.1 Å². The van der Waals surface area contributed by atoms with Gasteiger partial charge in [-0.05, 0) is 16.5 Å². The van der Waals surface area contributed by atoms with Crippen LogP contribution < -0.4 is 5.32 Å². The van der Waals surface area contributed by atoms with Crippen molar-refractivity contribution in [3.8, 4) is 0 Å². The SMILES string of the molecule is CC1(C)CC(=O)C(C=N[C@H]2[C@@H](c3ccccc3)n3ncnc3N[C@H]2c2ccccc2)=C(O)C1. The summed E-state index contributed by atoms with van der Waals surface area (Å²) in [4.78, 5) is 22.2. The Balaban J connectivity index is 1.62. The first-order chi connectivity index (χ1) is 15.9. The number of carbonyl (C=O) groups excluding carboxylic acids is 1. The Kier molecular flexibility index (Phi) is 5.32. The van der Waals surface area contributed by atoms with Crippen molar-refractivity contribution in [2.24, 2.45) is 10.4 Å². The number of aromatic nitrogens is 3. The Hall–Kier alpha value is -3.74. The number of nitrogens with one attached hydrogen (secondary N) is 1. The van der Waals surface area contributed by atoms with E-state index in [9.17, 15) is 9.90 Å². The van der Waals surface area contributed by atoms with Crippen molar-refractivity contribution in [3.63, 3.8) is 0 Å². The van der Waals surface area contributed by atoms with Crippen molar-refractivity contribution in [2.45, 2.75) is 44.8 Å². The smallest absolute Gasteiger partial charge is 0.222 e. The fourth-order valence-corrected chi connectivity index (χ4v) is 4.81. The van der Waals surface area contributed by atoms with E-state index in [1.165, 1.54) is 6.33 Å². The minimum absolute atomic E-state index is 0.0785. The van der Waals surface area contributed by atoms with Gasteiger partial charge >= 0.3 is 0 Å². The van der Waals surface area contributed by atoms with Gasteiger partial charge in [-0.1, -0.05) is 74.5 Å². The van der Waals surface area contributed by atoms with E-state index in [0.717, 1.165) is 11.1 Å². The van der Waals surface area contributed by atoms with Crippen LogP contribution in [-0.4, -0.2) is 37.9 Å². The van der Waals surface area contributed by atoms with Gasteiger partial charge in [0.25, 0.3) is 0 Å². The summed E-state index contributed by atoms with van der Waals surface area (Å²) >= 11 is 0. The number of aliphatic imine (C=N–C) groups is 1. The van der Waals surface area contributed by atoms with Crippen LogP contribution in [0.25, 0.3) is 0 Å². The number of fused-ring (bicyclic) bond motifs is 1. The van der Waals surface area contributed by atoms with Crippen LogP contribution in [0.2, 0.25) is 0 Å². The number of hydrogen-bond donors (Lipinski definition) is 2. The maximum Gasteiger partial charge on any atom is 0.222 e. The number of carbonyl (C=O) groups is 1. The molecule has 3 aromatic rings. The van der Waals surface area contributed by atoms with E-state index in [4.69, 9.17) is 4.99 Å². The highest BCUT2D eigenvalue weighted by Crippen LogP contribution is 2.40. The molecule has 0 amide bonds. The molecule has 0 radical (unpaired) electrons. The molecule has 3 atom stereocenters. The van der Waals surface area contributed by atoms with Gasteiger partial charge in [-0.25, -0.2) is 4.68 Å². The van der Waals surface area contributed by atoms with Crippen LogP contribution in [0, 0.1) is 5.41 Å². The average Bonchev–Trinajstić information content (AvgIpc) is 3.26. The first-order valence-electron chi connectivity index (χ1n) is 11.2. The summed E-state index contributed by atoms with van der Waals surface area (Å²) in [5.41, 5.74) is 2.16. The molecule has 2 aromatic carbocycles. The first-order valence-corrected chi connectivity index (χ1v) is 11.2. The van der Waals surface area contributed by atoms with Crippen LogP contribution in [0.3, 0.4) is 0 Å². The zero-order valence-electron chi connectivity index (χ0n) is 18.7. The second-order valence-corrected chi connectivity index (χ2v) is 9.49. The molecule has 7 heteroatoms. The topological polar surface area (TPSA) is 92.4 Å². The minimum atomic E-state index is -0.327. The second kappa shape index (κ2) is 8.31. The lowest BCUT2D eigenvalue weighted by molar-refractivity contribution is -0.117. The molecule has 0 bridgehead atoms. The third-order valence-electron chi connectivity index (χ3n) is 6.36. The van der Waals surface area contributed by atoms with E-state index in [2.05, 4.69) is 39.7 Å². The normalized spacial score (nSPS) is 24.5. The molecule has 33 heavy (non-hydrogen) atoms. The van der Waals surface area contributed by atoms with Gasteiger partial charge in [-0.15, -0.1) is 0 Å². The summed E-state index contributed by atoms with van der Waals surface area (Å²) in [7, 11) is 0. The third kappa shape index (κ3) is 4.06. The molecule has 0 saturated heterocycles. The van der Waals surface area contributed by atoms with Crippen LogP contribution in [0.1, 0.15) is 49.9 Å². The zero-order valence-corrected chi connectivity index (χ0v) is 18.7. The molecule has 0 spiro atoms. The molecule has 0 fully saturated rings. The van der Waals surface area contributed by atoms with Gasteiger partial charge in [-0.2, -0.15) is 10.1 Å². The molecular formula is C26H27N5O2. The highest BCUT2D eigenvalue weighted by molar-refractivity contribution is 6.14. The predicted molar refractivity (Wildman–Crippen MR) is 127 cm³/mol. The largest absolute Gasteiger partial charge is 0.511 e. The highest BCUT2D eigenvalue weighted by Gasteiger charge is 2.40. The monoisotopic (exact) mass is 441 g/mol. The molecule has 1 aliphatic heterocycles. The van der Waals surface area contributed by atoms with Crippen LogP contribution >= 0.6 is 0 Å². The quantitative estimate of drug-likeness (QED) is 0.574. The maximum atomic E-state index is 12.8. The van der Waals surface area contributed by atoms with Crippen molar-refractivity contribution < 1.29 is 9.90 Å². The third-order valence-corrected chi connectivity index (χ3v) is 6.36. The summed E-state index contributed by atoms with van der Waals surface area (Å²) in [5, 5.41) is 18.6. The van der Waals surface area contributed by atoms with Crippen molar-refractivity contribution >= 4 is 17.9 Å². The second-order valence-electron chi connectivity index (χ2n) is 9.49. The fourth-order valence-electron chi connectivity index (χ4n) is 4.81. The number of Topliss-reactive ketones (excluding diaryl/α,β-unsaturated/α-hetero) is 1. The number of allylic oxidation sites excluding steroid dienone is 2. The fraction of sp³-hybridized carbons (Fsp3) is 0.308. The predicted octanol–water partition coefficient (Wildman–Crippen LogP) is 4.67. The lowest BCUT2D eigenvalue weighted by Crippen LogP contribution is -2.40. The molecule has 5 rings (SSSR count). The summed E-state index contributed by atoms with van der Waals surface area (Å²) in [6, 6.07) is 19.4. The Labute approximate surface area is 192 Å². The van der Waals surface area contributed by atoms with E-state index < -0.39 is 0 Å².